The van der Waals surface area contributed by atoms with Crippen molar-refractivity contribution in [1.29, 1.82) is 0 Å². The van der Waals surface area contributed by atoms with Crippen molar-refractivity contribution in [3.05, 3.63) is 69.2 Å². The summed E-state index contributed by atoms with van der Waals surface area (Å²) in [5.41, 5.74) is 2.85. The first-order chi connectivity index (χ1) is 13.4. The molecule has 7 heteroatoms. The quantitative estimate of drug-likeness (QED) is 0.713. The number of amides is 3. The van der Waals surface area contributed by atoms with Gasteiger partial charge in [-0.2, -0.15) is 0 Å². The molecular formula is C21H23Cl2N3O2. The van der Waals surface area contributed by atoms with Crippen LogP contribution in [0.15, 0.2) is 42.5 Å². The number of nitrogens with zero attached hydrogens (tertiary/aromatic N) is 1. The Labute approximate surface area is 175 Å². The van der Waals surface area contributed by atoms with E-state index in [4.69, 9.17) is 23.2 Å². The minimum absolute atomic E-state index is 0.206. The lowest BCUT2D eigenvalue weighted by Gasteiger charge is -2.17. The molecular weight excluding hydrogens is 397 g/mol. The number of hydrogen-bond donors (Lipinski definition) is 2. The number of carbonyl (C=O) groups excluding carboxylic acids is 2. The lowest BCUT2D eigenvalue weighted by molar-refractivity contribution is -0.128. The van der Waals surface area contributed by atoms with E-state index in [-0.39, 0.29) is 18.0 Å². The predicted octanol–water partition coefficient (Wildman–Crippen LogP) is 4.68. The summed E-state index contributed by atoms with van der Waals surface area (Å²) >= 11 is 12.1. The summed E-state index contributed by atoms with van der Waals surface area (Å²) in [7, 11) is 0. The number of rotatable bonds is 6. The van der Waals surface area contributed by atoms with Crippen molar-refractivity contribution in [3.8, 4) is 0 Å². The normalized spacial score (nSPS) is 14.8. The third-order valence-electron chi connectivity index (χ3n) is 4.77. The molecule has 1 unspecified atom stereocenters. The zero-order chi connectivity index (χ0) is 20.1. The summed E-state index contributed by atoms with van der Waals surface area (Å²) in [4.78, 5) is 25.9. The van der Waals surface area contributed by atoms with E-state index in [2.05, 4.69) is 10.6 Å². The largest absolute Gasteiger partial charge is 0.338 e. The Bertz CT molecular complexity index is 872. The highest BCUT2D eigenvalue weighted by Gasteiger charge is 2.20. The Morgan fingerprint density at radius 2 is 1.96 bits per heavy atom. The molecule has 2 aromatic rings. The maximum absolute atomic E-state index is 12.2. The molecule has 0 radical (unpaired) electrons. The van der Waals surface area contributed by atoms with Crippen LogP contribution in [-0.2, 0) is 17.9 Å². The first-order valence-electron chi connectivity index (χ1n) is 9.27. The molecule has 3 rings (SSSR count). The van der Waals surface area contributed by atoms with Crippen LogP contribution in [0.5, 0.6) is 0 Å². The number of carbonyl (C=O) groups is 2. The Morgan fingerprint density at radius 3 is 2.68 bits per heavy atom. The smallest absolute Gasteiger partial charge is 0.315 e. The highest BCUT2D eigenvalue weighted by molar-refractivity contribution is 6.35. The van der Waals surface area contributed by atoms with Gasteiger partial charge in [-0.1, -0.05) is 53.5 Å². The fourth-order valence-corrected chi connectivity index (χ4v) is 3.86. The third kappa shape index (κ3) is 5.40. The minimum atomic E-state index is -0.279. The van der Waals surface area contributed by atoms with Crippen LogP contribution in [0.4, 0.5) is 4.79 Å². The van der Waals surface area contributed by atoms with Crippen LogP contribution < -0.4 is 10.6 Å². The molecule has 2 N–H and O–H groups in total. The standard InChI is InChI=1S/C21H23Cl2N3O2/c1-14(18-8-7-17(22)11-19(18)23)25-21(28)24-12-15-4-2-5-16(10-15)13-26-9-3-6-20(26)27/h2,4-5,7-8,10-11,14H,3,6,9,12-13H2,1H3,(H2,24,25,28). The average Bonchev–Trinajstić information content (AvgIpc) is 3.05. The zero-order valence-corrected chi connectivity index (χ0v) is 17.2. The molecule has 1 aliphatic rings. The van der Waals surface area contributed by atoms with Crippen molar-refractivity contribution in [2.75, 3.05) is 6.54 Å². The van der Waals surface area contributed by atoms with Crippen LogP contribution in [0, 0.1) is 0 Å². The second-order valence-corrected chi connectivity index (χ2v) is 7.80. The summed E-state index contributed by atoms with van der Waals surface area (Å²) in [6, 6.07) is 12.6. The van der Waals surface area contributed by atoms with E-state index in [0.29, 0.717) is 29.6 Å². The van der Waals surface area contributed by atoms with Crippen molar-refractivity contribution in [1.82, 2.24) is 15.5 Å². The molecule has 1 fully saturated rings. The molecule has 0 saturated carbocycles. The number of benzene rings is 2. The summed E-state index contributed by atoms with van der Waals surface area (Å²) < 4.78 is 0. The maximum atomic E-state index is 12.2. The van der Waals surface area contributed by atoms with Crippen molar-refractivity contribution >= 4 is 35.1 Å². The maximum Gasteiger partial charge on any atom is 0.315 e. The fourth-order valence-electron chi connectivity index (χ4n) is 3.29. The van der Waals surface area contributed by atoms with Gasteiger partial charge in [0.25, 0.3) is 0 Å². The summed E-state index contributed by atoms with van der Waals surface area (Å²) in [5.74, 6) is 0.206. The van der Waals surface area contributed by atoms with Crippen LogP contribution in [-0.4, -0.2) is 23.4 Å². The van der Waals surface area contributed by atoms with Gasteiger partial charge in [0.2, 0.25) is 5.91 Å². The first kappa shape index (κ1) is 20.5. The van der Waals surface area contributed by atoms with Crippen LogP contribution in [0.3, 0.4) is 0 Å². The van der Waals surface area contributed by atoms with Gasteiger partial charge in [0.15, 0.2) is 0 Å². The van der Waals surface area contributed by atoms with E-state index in [0.717, 1.165) is 29.7 Å². The predicted molar refractivity (Wildman–Crippen MR) is 111 cm³/mol. The summed E-state index contributed by atoms with van der Waals surface area (Å²) in [6.45, 7) is 3.69. The van der Waals surface area contributed by atoms with E-state index in [1.165, 1.54) is 0 Å². The molecule has 0 spiro atoms. The number of nitrogens with one attached hydrogen (secondary N) is 2. The molecule has 5 nitrogen and oxygen atoms in total. The van der Waals surface area contributed by atoms with Gasteiger partial charge in [-0.25, -0.2) is 4.79 Å². The fraction of sp³-hybridized carbons (Fsp3) is 0.333. The van der Waals surface area contributed by atoms with Gasteiger partial charge < -0.3 is 15.5 Å². The molecule has 0 aliphatic carbocycles. The SMILES string of the molecule is CC(NC(=O)NCc1cccc(CN2CCCC2=O)c1)c1ccc(Cl)cc1Cl. The molecule has 2 aromatic carbocycles. The lowest BCUT2D eigenvalue weighted by Crippen LogP contribution is -2.36. The molecule has 1 heterocycles. The highest BCUT2D eigenvalue weighted by Crippen LogP contribution is 2.26. The van der Waals surface area contributed by atoms with E-state index in [9.17, 15) is 9.59 Å². The minimum Gasteiger partial charge on any atom is -0.338 e. The molecule has 1 saturated heterocycles. The van der Waals surface area contributed by atoms with Crippen molar-refractivity contribution < 1.29 is 9.59 Å². The van der Waals surface area contributed by atoms with Crippen molar-refractivity contribution in [2.24, 2.45) is 0 Å². The van der Waals surface area contributed by atoms with E-state index >= 15 is 0 Å². The van der Waals surface area contributed by atoms with Crippen LogP contribution >= 0.6 is 23.2 Å². The average molecular weight is 420 g/mol. The van der Waals surface area contributed by atoms with Crippen molar-refractivity contribution in [3.63, 3.8) is 0 Å². The number of halogens is 2. The Hall–Kier alpha value is -2.24. The van der Waals surface area contributed by atoms with Crippen LogP contribution in [0.2, 0.25) is 10.0 Å². The molecule has 0 bridgehead atoms. The third-order valence-corrected chi connectivity index (χ3v) is 5.33. The van der Waals surface area contributed by atoms with Gasteiger partial charge in [0.1, 0.15) is 0 Å². The lowest BCUT2D eigenvalue weighted by atomic mass is 10.1. The van der Waals surface area contributed by atoms with Crippen molar-refractivity contribution in [2.45, 2.75) is 38.9 Å². The Morgan fingerprint density at radius 1 is 1.18 bits per heavy atom. The molecule has 1 atom stereocenters. The zero-order valence-electron chi connectivity index (χ0n) is 15.7. The van der Waals surface area contributed by atoms with Gasteiger partial charge in [-0.3, -0.25) is 4.79 Å². The van der Waals surface area contributed by atoms with Crippen LogP contribution in [0.25, 0.3) is 0 Å². The Balaban J connectivity index is 1.52. The topological polar surface area (TPSA) is 61.4 Å². The number of likely N-dealkylation sites (tertiary alicyclic amines) is 1. The van der Waals surface area contributed by atoms with E-state index in [1.807, 2.05) is 36.1 Å². The molecule has 28 heavy (non-hydrogen) atoms. The second-order valence-electron chi connectivity index (χ2n) is 6.95. The van der Waals surface area contributed by atoms with E-state index < -0.39 is 0 Å². The highest BCUT2D eigenvalue weighted by atomic mass is 35.5. The first-order valence-corrected chi connectivity index (χ1v) is 10.0. The molecule has 3 amide bonds. The van der Waals surface area contributed by atoms with Gasteiger partial charge in [-0.05, 0) is 42.2 Å². The summed E-state index contributed by atoms with van der Waals surface area (Å²) in [5, 5.41) is 6.81. The Kier molecular flexibility index (Phi) is 6.81. The van der Waals surface area contributed by atoms with Gasteiger partial charge in [-0.15, -0.1) is 0 Å². The number of hydrogen-bond acceptors (Lipinski definition) is 2. The molecule has 0 aromatic heterocycles. The molecule has 1 aliphatic heterocycles. The molecule has 148 valence electrons. The van der Waals surface area contributed by atoms with E-state index in [1.54, 1.807) is 18.2 Å². The van der Waals surface area contributed by atoms with Gasteiger partial charge in [0, 0.05) is 36.1 Å². The summed E-state index contributed by atoms with van der Waals surface area (Å²) in [6.07, 6.45) is 1.56. The number of urea groups is 1. The second kappa shape index (κ2) is 9.30. The monoisotopic (exact) mass is 419 g/mol. The van der Waals surface area contributed by atoms with Gasteiger partial charge in [0.05, 0.1) is 6.04 Å². The van der Waals surface area contributed by atoms with Crippen LogP contribution in [0.1, 0.15) is 42.5 Å². The van der Waals surface area contributed by atoms with Gasteiger partial charge >= 0.3 is 6.03 Å².